The van der Waals surface area contributed by atoms with Crippen LogP contribution < -0.4 is 10.1 Å². The molecular weight excluding hydrogens is 348 g/mol. The van der Waals surface area contributed by atoms with E-state index in [2.05, 4.69) is 21.5 Å². The van der Waals surface area contributed by atoms with E-state index in [4.69, 9.17) is 0 Å². The molecule has 0 aromatic heterocycles. The smallest absolute Gasteiger partial charge is 0.428 e. The van der Waals surface area contributed by atoms with E-state index in [1.54, 1.807) is 12.1 Å². The summed E-state index contributed by atoms with van der Waals surface area (Å²) in [6.45, 7) is 7.05. The summed E-state index contributed by atoms with van der Waals surface area (Å²) in [5.41, 5.74) is 0.745. The molecule has 1 fully saturated rings. The van der Waals surface area contributed by atoms with Gasteiger partial charge < -0.3 is 10.1 Å². The van der Waals surface area contributed by atoms with E-state index in [-0.39, 0.29) is 24.2 Å². The van der Waals surface area contributed by atoms with E-state index in [0.717, 1.165) is 31.7 Å². The Balaban J connectivity index is 0.00000288. The van der Waals surface area contributed by atoms with Crippen molar-refractivity contribution in [3.05, 3.63) is 42.5 Å². The second kappa shape index (κ2) is 9.25. The van der Waals surface area contributed by atoms with Gasteiger partial charge in [-0.2, -0.15) is 17.6 Å². The minimum absolute atomic E-state index is 0. The van der Waals surface area contributed by atoms with Gasteiger partial charge in [0, 0.05) is 32.2 Å². The maximum Gasteiger partial charge on any atom is 0.461 e. The number of hydrogen-bond acceptors (Lipinski definition) is 3. The molecule has 2 rings (SSSR count). The number of benzene rings is 1. The number of rotatable bonds is 7. The minimum atomic E-state index is -4.50. The summed E-state index contributed by atoms with van der Waals surface area (Å²) in [5, 5.41) is 3.24. The minimum Gasteiger partial charge on any atom is -0.428 e. The average molecular weight is 369 g/mol. The van der Waals surface area contributed by atoms with Gasteiger partial charge in [0.2, 0.25) is 0 Å². The van der Waals surface area contributed by atoms with Crippen molar-refractivity contribution in [1.29, 1.82) is 0 Å². The molecule has 0 bridgehead atoms. The first-order chi connectivity index (χ1) is 10.9. The zero-order valence-electron chi connectivity index (χ0n) is 13.1. The van der Waals surface area contributed by atoms with Gasteiger partial charge in [-0.3, -0.25) is 4.90 Å². The highest BCUT2D eigenvalue weighted by atomic mass is 35.5. The Bertz CT molecular complexity index is 525. The summed E-state index contributed by atoms with van der Waals surface area (Å²) in [6, 6.07) is 5.92. The summed E-state index contributed by atoms with van der Waals surface area (Å²) < 4.78 is 54.8. The van der Waals surface area contributed by atoms with Crippen molar-refractivity contribution in [3.8, 4) is 5.75 Å². The molecule has 1 aromatic rings. The normalized spacial score (nSPS) is 17.2. The summed E-state index contributed by atoms with van der Waals surface area (Å²) in [6.07, 6.45) is -5.98. The first-order valence-electron chi connectivity index (χ1n) is 7.44. The number of hydrogen-bond donors (Lipinski definition) is 1. The lowest BCUT2D eigenvalue weighted by molar-refractivity contribution is -0.253. The van der Waals surface area contributed by atoms with Gasteiger partial charge >= 0.3 is 12.5 Å². The highest BCUT2D eigenvalue weighted by Gasteiger charge is 2.44. The third-order valence-corrected chi connectivity index (χ3v) is 3.73. The van der Waals surface area contributed by atoms with E-state index < -0.39 is 12.5 Å². The van der Waals surface area contributed by atoms with Crippen LogP contribution in [0.15, 0.2) is 36.9 Å². The van der Waals surface area contributed by atoms with Crippen molar-refractivity contribution in [2.45, 2.75) is 25.0 Å². The van der Waals surface area contributed by atoms with E-state index in [1.165, 1.54) is 18.2 Å². The van der Waals surface area contributed by atoms with Crippen LogP contribution >= 0.6 is 12.4 Å². The molecule has 24 heavy (non-hydrogen) atoms. The van der Waals surface area contributed by atoms with E-state index in [9.17, 15) is 17.6 Å². The molecule has 0 aliphatic carbocycles. The predicted octanol–water partition coefficient (Wildman–Crippen LogP) is 3.87. The molecule has 0 radical (unpaired) electrons. The highest BCUT2D eigenvalue weighted by molar-refractivity contribution is 5.85. The molecule has 1 aliphatic heterocycles. The summed E-state index contributed by atoms with van der Waals surface area (Å²) in [4.78, 5) is 2.21. The quantitative estimate of drug-likeness (QED) is 0.584. The van der Waals surface area contributed by atoms with Crippen molar-refractivity contribution in [2.75, 3.05) is 26.2 Å². The summed E-state index contributed by atoms with van der Waals surface area (Å²) in [7, 11) is 0. The van der Waals surface area contributed by atoms with Crippen LogP contribution in [0.5, 0.6) is 5.75 Å². The molecule has 3 nitrogen and oxygen atoms in total. The Morgan fingerprint density at radius 1 is 1.29 bits per heavy atom. The van der Waals surface area contributed by atoms with E-state index >= 15 is 0 Å². The molecular formula is C16H21ClF4N2O. The zero-order chi connectivity index (χ0) is 16.9. The maximum absolute atomic E-state index is 13.1. The fourth-order valence-corrected chi connectivity index (χ4v) is 2.63. The van der Waals surface area contributed by atoms with Crippen molar-refractivity contribution in [3.63, 3.8) is 0 Å². The standard InChI is InChI=1S/C16H20F4N2O.ClH/c1-2-4-14(22-9-7-21-8-10-22)12-5-3-6-13(11-12)23-16(19,20)15(17)18;/h2-3,5-6,11,14-15,21H,1,4,7-10H2;1H/t14-;/m0./s1. The molecule has 0 spiro atoms. The van der Waals surface area contributed by atoms with Crippen molar-refractivity contribution >= 4 is 12.4 Å². The van der Waals surface area contributed by atoms with E-state index in [1.807, 2.05) is 0 Å². The Hall–Kier alpha value is -1.31. The number of nitrogens with one attached hydrogen (secondary N) is 1. The maximum atomic E-state index is 13.1. The van der Waals surface area contributed by atoms with Gasteiger partial charge in [0.05, 0.1) is 0 Å². The Morgan fingerprint density at radius 3 is 2.54 bits per heavy atom. The van der Waals surface area contributed by atoms with Crippen LogP contribution in [0.3, 0.4) is 0 Å². The van der Waals surface area contributed by atoms with Crippen molar-refractivity contribution < 1.29 is 22.3 Å². The molecule has 0 unspecified atom stereocenters. The Kier molecular flexibility index (Phi) is 7.99. The van der Waals surface area contributed by atoms with Crippen LogP contribution in [0, 0.1) is 0 Å². The lowest BCUT2D eigenvalue weighted by atomic mass is 10.0. The number of alkyl halides is 4. The second-order valence-corrected chi connectivity index (χ2v) is 5.36. The molecule has 0 amide bonds. The molecule has 1 N–H and O–H groups in total. The number of ether oxygens (including phenoxy) is 1. The van der Waals surface area contributed by atoms with Crippen LogP contribution in [-0.4, -0.2) is 43.6 Å². The number of nitrogens with zero attached hydrogens (tertiary/aromatic N) is 1. The van der Waals surface area contributed by atoms with Crippen LogP contribution in [0.1, 0.15) is 18.0 Å². The fraction of sp³-hybridized carbons (Fsp3) is 0.500. The van der Waals surface area contributed by atoms with Gasteiger partial charge in [0.25, 0.3) is 0 Å². The summed E-state index contributed by atoms with van der Waals surface area (Å²) in [5.74, 6) is -0.267. The Labute approximate surface area is 145 Å². The van der Waals surface area contributed by atoms with Gasteiger partial charge in [-0.05, 0) is 24.1 Å². The first-order valence-corrected chi connectivity index (χ1v) is 7.44. The molecule has 8 heteroatoms. The van der Waals surface area contributed by atoms with Gasteiger partial charge in [-0.25, -0.2) is 0 Å². The van der Waals surface area contributed by atoms with Gasteiger partial charge in [0.1, 0.15) is 5.75 Å². The number of piperazine rings is 1. The van der Waals surface area contributed by atoms with E-state index in [0.29, 0.717) is 6.42 Å². The molecule has 1 heterocycles. The van der Waals surface area contributed by atoms with Crippen molar-refractivity contribution in [2.24, 2.45) is 0 Å². The number of halogens is 5. The SMILES string of the molecule is C=CC[C@@H](c1cccc(OC(F)(F)C(F)F)c1)N1CCNCC1.Cl. The van der Waals surface area contributed by atoms with Crippen LogP contribution in [0.25, 0.3) is 0 Å². The van der Waals surface area contributed by atoms with Crippen LogP contribution in [0.2, 0.25) is 0 Å². The lowest BCUT2D eigenvalue weighted by Crippen LogP contribution is -2.45. The van der Waals surface area contributed by atoms with Crippen LogP contribution in [-0.2, 0) is 0 Å². The third kappa shape index (κ3) is 5.36. The first kappa shape index (κ1) is 20.7. The largest absolute Gasteiger partial charge is 0.461 e. The molecule has 1 saturated heterocycles. The molecule has 136 valence electrons. The van der Waals surface area contributed by atoms with Crippen molar-refractivity contribution in [1.82, 2.24) is 10.2 Å². The fourth-order valence-electron chi connectivity index (χ4n) is 2.63. The molecule has 1 aliphatic rings. The topological polar surface area (TPSA) is 24.5 Å². The lowest BCUT2D eigenvalue weighted by Gasteiger charge is -2.35. The zero-order valence-corrected chi connectivity index (χ0v) is 13.9. The third-order valence-electron chi connectivity index (χ3n) is 3.73. The van der Waals surface area contributed by atoms with Gasteiger partial charge in [-0.1, -0.05) is 18.2 Å². The van der Waals surface area contributed by atoms with Crippen LogP contribution in [0.4, 0.5) is 17.6 Å². The highest BCUT2D eigenvalue weighted by Crippen LogP contribution is 2.31. The monoisotopic (exact) mass is 368 g/mol. The van der Waals surface area contributed by atoms with Gasteiger partial charge in [-0.15, -0.1) is 19.0 Å². The molecule has 1 aromatic carbocycles. The average Bonchev–Trinajstić information content (AvgIpc) is 2.53. The van der Waals surface area contributed by atoms with Gasteiger partial charge in [0.15, 0.2) is 0 Å². The molecule has 0 saturated carbocycles. The second-order valence-electron chi connectivity index (χ2n) is 5.36. The molecule has 1 atom stereocenters. The predicted molar refractivity (Wildman–Crippen MR) is 87.3 cm³/mol. The Morgan fingerprint density at radius 2 is 1.96 bits per heavy atom. The summed E-state index contributed by atoms with van der Waals surface area (Å²) >= 11 is 0.